The van der Waals surface area contributed by atoms with E-state index in [1.165, 1.54) is 42.4 Å². The Hall–Kier alpha value is 0.0700. The number of nitrogens with zero attached hydrogens (tertiary/aromatic N) is 2. The normalized spacial score (nSPS) is 22.5. The number of halogens is 1. The van der Waals surface area contributed by atoms with E-state index in [1.54, 1.807) is 0 Å². The van der Waals surface area contributed by atoms with Crippen molar-refractivity contribution in [3.05, 3.63) is 16.1 Å². The number of likely N-dealkylation sites (tertiary alicyclic amines) is 1. The number of thiazole rings is 1. The Morgan fingerprint density at radius 1 is 1.62 bits per heavy atom. The van der Waals surface area contributed by atoms with Crippen LogP contribution in [-0.2, 0) is 11.8 Å². The van der Waals surface area contributed by atoms with Crippen LogP contribution < -0.4 is 0 Å². The molecule has 0 radical (unpaired) electrons. The minimum absolute atomic E-state index is 0.878. The van der Waals surface area contributed by atoms with Crippen molar-refractivity contribution in [2.45, 2.75) is 31.5 Å². The first-order valence-corrected chi connectivity index (χ1v) is 7.93. The fourth-order valence-corrected chi connectivity index (χ4v) is 3.52. The molecule has 1 aliphatic heterocycles. The van der Waals surface area contributed by atoms with E-state index < -0.39 is 0 Å². The molecule has 1 aliphatic rings. The van der Waals surface area contributed by atoms with Crippen LogP contribution in [0.1, 0.15) is 29.7 Å². The Morgan fingerprint density at radius 3 is 3.19 bits per heavy atom. The zero-order valence-electron chi connectivity index (χ0n) is 9.79. The topological polar surface area (TPSA) is 16.1 Å². The second-order valence-corrected chi connectivity index (χ2v) is 6.41. The highest BCUT2D eigenvalue weighted by Crippen LogP contribution is 2.18. The van der Waals surface area contributed by atoms with Crippen molar-refractivity contribution in [3.8, 4) is 0 Å². The zero-order valence-corrected chi connectivity index (χ0v) is 12.2. The van der Waals surface area contributed by atoms with E-state index >= 15 is 0 Å². The van der Waals surface area contributed by atoms with Crippen molar-refractivity contribution in [1.29, 1.82) is 0 Å². The molecule has 2 heterocycles. The van der Waals surface area contributed by atoms with Gasteiger partial charge in [-0.3, -0.25) is 0 Å². The van der Waals surface area contributed by atoms with Gasteiger partial charge in [-0.25, -0.2) is 4.98 Å². The van der Waals surface area contributed by atoms with E-state index in [4.69, 9.17) is 0 Å². The van der Waals surface area contributed by atoms with Gasteiger partial charge < -0.3 is 4.90 Å². The van der Waals surface area contributed by atoms with Crippen LogP contribution in [0.25, 0.3) is 0 Å². The Bertz CT molecular complexity index is 327. The quantitative estimate of drug-likeness (QED) is 0.793. The van der Waals surface area contributed by atoms with Crippen LogP contribution >= 0.6 is 27.3 Å². The fraction of sp³-hybridized carbons (Fsp3) is 0.750. The van der Waals surface area contributed by atoms with E-state index in [0.717, 1.165) is 17.7 Å². The Kier molecular flexibility index (Phi) is 4.79. The van der Waals surface area contributed by atoms with E-state index in [9.17, 15) is 0 Å². The lowest BCUT2D eigenvalue weighted by atomic mass is 10.0. The van der Waals surface area contributed by atoms with Crippen LogP contribution in [0.5, 0.6) is 0 Å². The second-order valence-electron chi connectivity index (χ2n) is 4.65. The Labute approximate surface area is 110 Å². The molecule has 4 heteroatoms. The van der Waals surface area contributed by atoms with Gasteiger partial charge in [0, 0.05) is 35.9 Å². The first kappa shape index (κ1) is 12.5. The third kappa shape index (κ3) is 3.54. The van der Waals surface area contributed by atoms with Gasteiger partial charge in [-0.15, -0.1) is 11.3 Å². The van der Waals surface area contributed by atoms with E-state index in [1.807, 2.05) is 17.5 Å². The summed E-state index contributed by atoms with van der Waals surface area (Å²) in [5.74, 6) is 0.878. The molecule has 16 heavy (non-hydrogen) atoms. The molecule has 2 nitrogen and oxygen atoms in total. The predicted octanol–water partition coefficient (Wildman–Crippen LogP) is 3.31. The maximum absolute atomic E-state index is 4.45. The average Bonchev–Trinajstić information content (AvgIpc) is 2.74. The zero-order chi connectivity index (χ0) is 11.4. The van der Waals surface area contributed by atoms with Crippen LogP contribution in [0.4, 0.5) is 0 Å². The van der Waals surface area contributed by atoms with Crippen molar-refractivity contribution in [3.63, 3.8) is 0 Å². The summed E-state index contributed by atoms with van der Waals surface area (Å²) in [5, 5.41) is 2.22. The molecule has 0 aliphatic carbocycles. The summed E-state index contributed by atoms with van der Waals surface area (Å²) in [4.78, 5) is 8.37. The summed E-state index contributed by atoms with van der Waals surface area (Å²) in [6.07, 6.45) is 5.88. The molecule has 2 rings (SSSR count). The summed E-state index contributed by atoms with van der Waals surface area (Å²) in [5.41, 5.74) is 0. The highest BCUT2D eigenvalue weighted by atomic mass is 79.9. The highest BCUT2D eigenvalue weighted by Gasteiger charge is 2.16. The van der Waals surface area contributed by atoms with Gasteiger partial charge >= 0.3 is 0 Å². The van der Waals surface area contributed by atoms with Crippen molar-refractivity contribution < 1.29 is 0 Å². The molecule has 1 fully saturated rings. The molecule has 0 N–H and O–H groups in total. The van der Waals surface area contributed by atoms with Crippen molar-refractivity contribution >= 4 is 27.3 Å². The van der Waals surface area contributed by atoms with Crippen LogP contribution in [-0.4, -0.2) is 29.5 Å². The Balaban J connectivity index is 1.78. The largest absolute Gasteiger partial charge is 0.303 e. The molecule has 0 bridgehead atoms. The molecular weight excluding hydrogens is 284 g/mol. The summed E-state index contributed by atoms with van der Waals surface area (Å²) < 4.78 is 0. The summed E-state index contributed by atoms with van der Waals surface area (Å²) in [7, 11) is 0. The molecule has 1 aromatic rings. The molecule has 0 spiro atoms. The van der Waals surface area contributed by atoms with Gasteiger partial charge in [0.25, 0.3) is 0 Å². The van der Waals surface area contributed by atoms with Crippen LogP contribution in [0.3, 0.4) is 0 Å². The summed E-state index contributed by atoms with van der Waals surface area (Å²) in [6, 6.07) is 0. The van der Waals surface area contributed by atoms with Gasteiger partial charge in [0.2, 0.25) is 0 Å². The number of hydrogen-bond acceptors (Lipinski definition) is 3. The second kappa shape index (κ2) is 6.12. The first-order chi connectivity index (χ1) is 7.78. The third-order valence-electron chi connectivity index (χ3n) is 3.12. The standard InChI is InChI=1S/C12H19BrN2S/c1-10-3-2-5-15(9-10)6-4-12-14-8-11(7-13)16-12/h8,10H,2-7,9H2,1H3. The molecule has 1 aromatic heterocycles. The molecule has 1 atom stereocenters. The third-order valence-corrected chi connectivity index (χ3v) is 5.15. The number of piperidine rings is 1. The lowest BCUT2D eigenvalue weighted by Crippen LogP contribution is -2.35. The average molecular weight is 303 g/mol. The minimum atomic E-state index is 0.878. The number of rotatable bonds is 4. The van der Waals surface area contributed by atoms with Crippen LogP contribution in [0, 0.1) is 5.92 Å². The van der Waals surface area contributed by atoms with Gasteiger partial charge in [0.1, 0.15) is 0 Å². The number of aromatic nitrogens is 1. The van der Waals surface area contributed by atoms with Crippen molar-refractivity contribution in [2.75, 3.05) is 19.6 Å². The van der Waals surface area contributed by atoms with Gasteiger partial charge in [0.05, 0.1) is 5.01 Å². The smallest absolute Gasteiger partial charge is 0.0940 e. The molecular formula is C12H19BrN2S. The number of alkyl halides is 1. The van der Waals surface area contributed by atoms with Gasteiger partial charge in [-0.05, 0) is 25.3 Å². The molecule has 1 saturated heterocycles. The SMILES string of the molecule is CC1CCCN(CCc2ncc(CBr)s2)C1. The lowest BCUT2D eigenvalue weighted by Gasteiger charge is -2.30. The highest BCUT2D eigenvalue weighted by molar-refractivity contribution is 9.08. The van der Waals surface area contributed by atoms with Crippen LogP contribution in [0.2, 0.25) is 0 Å². The predicted molar refractivity (Wildman–Crippen MR) is 73.3 cm³/mol. The summed E-state index contributed by atoms with van der Waals surface area (Å²) in [6.45, 7) is 6.09. The molecule has 0 amide bonds. The van der Waals surface area contributed by atoms with Gasteiger partial charge in [-0.1, -0.05) is 22.9 Å². The summed E-state index contributed by atoms with van der Waals surface area (Å²) >= 11 is 5.30. The van der Waals surface area contributed by atoms with Gasteiger partial charge in [0.15, 0.2) is 0 Å². The van der Waals surface area contributed by atoms with Crippen molar-refractivity contribution in [2.24, 2.45) is 5.92 Å². The van der Waals surface area contributed by atoms with E-state index in [-0.39, 0.29) is 0 Å². The van der Waals surface area contributed by atoms with Crippen LogP contribution in [0.15, 0.2) is 6.20 Å². The monoisotopic (exact) mass is 302 g/mol. The molecule has 0 saturated carbocycles. The number of hydrogen-bond donors (Lipinski definition) is 0. The molecule has 90 valence electrons. The van der Waals surface area contributed by atoms with E-state index in [0.29, 0.717) is 0 Å². The minimum Gasteiger partial charge on any atom is -0.303 e. The lowest BCUT2D eigenvalue weighted by molar-refractivity contribution is 0.186. The first-order valence-electron chi connectivity index (χ1n) is 6.00. The Morgan fingerprint density at radius 2 is 2.50 bits per heavy atom. The maximum Gasteiger partial charge on any atom is 0.0940 e. The maximum atomic E-state index is 4.45. The molecule has 1 unspecified atom stereocenters. The molecule has 0 aromatic carbocycles. The van der Waals surface area contributed by atoms with Crippen molar-refractivity contribution in [1.82, 2.24) is 9.88 Å². The van der Waals surface area contributed by atoms with E-state index in [2.05, 4.69) is 32.7 Å². The fourth-order valence-electron chi connectivity index (χ4n) is 2.27. The van der Waals surface area contributed by atoms with Gasteiger partial charge in [-0.2, -0.15) is 0 Å².